The molecular formula is C17H19ClFN3O3. The van der Waals surface area contributed by atoms with E-state index >= 15 is 0 Å². The van der Waals surface area contributed by atoms with Gasteiger partial charge >= 0.3 is 6.03 Å². The molecule has 1 heterocycles. The van der Waals surface area contributed by atoms with E-state index in [9.17, 15) is 18.8 Å². The molecule has 8 heteroatoms. The van der Waals surface area contributed by atoms with Crippen molar-refractivity contribution in [2.45, 2.75) is 44.1 Å². The number of hydrogen-bond acceptors (Lipinski definition) is 3. The van der Waals surface area contributed by atoms with Crippen LogP contribution >= 0.6 is 11.6 Å². The van der Waals surface area contributed by atoms with Gasteiger partial charge in [-0.2, -0.15) is 0 Å². The number of anilines is 1. The van der Waals surface area contributed by atoms with Crippen LogP contribution in [0.3, 0.4) is 0 Å². The maximum atomic E-state index is 13.0. The van der Waals surface area contributed by atoms with Crippen LogP contribution in [0.25, 0.3) is 0 Å². The monoisotopic (exact) mass is 367 g/mol. The molecular weight excluding hydrogens is 349 g/mol. The number of carbonyl (C=O) groups excluding carboxylic acids is 3. The molecule has 25 heavy (non-hydrogen) atoms. The molecule has 1 aliphatic heterocycles. The van der Waals surface area contributed by atoms with Crippen molar-refractivity contribution in [3.05, 3.63) is 29.0 Å². The second-order valence-electron chi connectivity index (χ2n) is 6.49. The Morgan fingerprint density at radius 1 is 1.24 bits per heavy atom. The molecule has 6 nitrogen and oxygen atoms in total. The fourth-order valence-corrected chi connectivity index (χ4v) is 3.63. The van der Waals surface area contributed by atoms with E-state index in [4.69, 9.17) is 11.6 Å². The molecule has 1 spiro atoms. The molecule has 1 saturated carbocycles. The predicted molar refractivity (Wildman–Crippen MR) is 90.7 cm³/mol. The molecule has 0 atom stereocenters. The van der Waals surface area contributed by atoms with Crippen molar-refractivity contribution < 1.29 is 18.8 Å². The lowest BCUT2D eigenvalue weighted by Crippen LogP contribution is -2.47. The van der Waals surface area contributed by atoms with Crippen LogP contribution in [0.15, 0.2) is 18.2 Å². The van der Waals surface area contributed by atoms with E-state index in [1.807, 2.05) is 0 Å². The molecule has 1 aromatic carbocycles. The number of nitrogens with zero attached hydrogens (tertiary/aromatic N) is 1. The van der Waals surface area contributed by atoms with Gasteiger partial charge < -0.3 is 10.6 Å². The fourth-order valence-electron chi connectivity index (χ4n) is 3.41. The second-order valence-corrected chi connectivity index (χ2v) is 6.90. The molecule has 2 fully saturated rings. The van der Waals surface area contributed by atoms with E-state index in [1.165, 1.54) is 6.07 Å². The molecule has 2 aliphatic rings. The van der Waals surface area contributed by atoms with Gasteiger partial charge in [0.05, 0.1) is 10.7 Å². The summed E-state index contributed by atoms with van der Waals surface area (Å²) in [4.78, 5) is 38.1. The number of hydrogen-bond donors (Lipinski definition) is 2. The van der Waals surface area contributed by atoms with Crippen molar-refractivity contribution in [3.63, 3.8) is 0 Å². The summed E-state index contributed by atoms with van der Waals surface area (Å²) in [7, 11) is 0. The molecule has 0 aromatic heterocycles. The van der Waals surface area contributed by atoms with Crippen LogP contribution in [0, 0.1) is 5.82 Å². The van der Waals surface area contributed by atoms with Gasteiger partial charge in [0, 0.05) is 0 Å². The minimum atomic E-state index is -0.874. The summed E-state index contributed by atoms with van der Waals surface area (Å²) >= 11 is 5.87. The summed E-state index contributed by atoms with van der Waals surface area (Å²) < 4.78 is 13.0. The van der Waals surface area contributed by atoms with Gasteiger partial charge in [0.25, 0.3) is 5.91 Å². The molecule has 134 valence electrons. The highest BCUT2D eigenvalue weighted by Crippen LogP contribution is 2.32. The van der Waals surface area contributed by atoms with Gasteiger partial charge in [0.2, 0.25) is 5.91 Å². The summed E-state index contributed by atoms with van der Waals surface area (Å²) in [6.07, 6.45) is 5.01. The molecule has 0 bridgehead atoms. The molecule has 2 N–H and O–H groups in total. The standard InChI is InChI=1S/C17H19ClFN3O3/c18-12-9-11(19)5-6-13(12)20-14(23)10-22-15(24)17(21-16(22)25)7-3-1-2-4-8-17/h5-6,9H,1-4,7-8,10H2,(H,20,23)(H,21,25). The Kier molecular flexibility index (Phi) is 4.94. The molecule has 0 unspecified atom stereocenters. The van der Waals surface area contributed by atoms with E-state index in [2.05, 4.69) is 10.6 Å². The molecule has 1 aliphatic carbocycles. The average Bonchev–Trinajstić information content (AvgIpc) is 2.73. The topological polar surface area (TPSA) is 78.5 Å². The summed E-state index contributed by atoms with van der Waals surface area (Å²) in [6.45, 7) is -0.403. The predicted octanol–water partition coefficient (Wildman–Crippen LogP) is 3.06. The van der Waals surface area contributed by atoms with Crippen molar-refractivity contribution in [2.24, 2.45) is 0 Å². The van der Waals surface area contributed by atoms with E-state index in [-0.39, 0.29) is 16.6 Å². The van der Waals surface area contributed by atoms with Crippen LogP contribution in [0.4, 0.5) is 14.9 Å². The van der Waals surface area contributed by atoms with Crippen LogP contribution < -0.4 is 10.6 Å². The number of imide groups is 1. The Morgan fingerprint density at radius 3 is 2.56 bits per heavy atom. The van der Waals surface area contributed by atoms with E-state index in [0.717, 1.165) is 42.7 Å². The number of nitrogens with one attached hydrogen (secondary N) is 2. The lowest BCUT2D eigenvalue weighted by molar-refractivity contribution is -0.134. The first-order chi connectivity index (χ1) is 11.9. The third-order valence-electron chi connectivity index (χ3n) is 4.71. The number of amides is 4. The van der Waals surface area contributed by atoms with Crippen molar-refractivity contribution in [1.82, 2.24) is 10.2 Å². The van der Waals surface area contributed by atoms with Gasteiger partial charge in [0.15, 0.2) is 0 Å². The summed E-state index contributed by atoms with van der Waals surface area (Å²) in [5, 5.41) is 5.32. The molecule has 1 aromatic rings. The van der Waals surface area contributed by atoms with Crippen molar-refractivity contribution in [1.29, 1.82) is 0 Å². The number of urea groups is 1. The molecule has 1 saturated heterocycles. The van der Waals surface area contributed by atoms with E-state index < -0.39 is 29.8 Å². The lowest BCUT2D eigenvalue weighted by Gasteiger charge is -2.24. The van der Waals surface area contributed by atoms with Gasteiger partial charge in [0.1, 0.15) is 17.9 Å². The molecule has 4 amide bonds. The van der Waals surface area contributed by atoms with Gasteiger partial charge in [-0.15, -0.1) is 0 Å². The van der Waals surface area contributed by atoms with Crippen LogP contribution in [0.1, 0.15) is 38.5 Å². The first kappa shape index (κ1) is 17.7. The van der Waals surface area contributed by atoms with Crippen LogP contribution in [0.5, 0.6) is 0 Å². The second kappa shape index (κ2) is 7.00. The fraction of sp³-hybridized carbons (Fsp3) is 0.471. The minimum absolute atomic E-state index is 0.0470. The van der Waals surface area contributed by atoms with Crippen molar-refractivity contribution in [2.75, 3.05) is 11.9 Å². The SMILES string of the molecule is O=C(CN1C(=O)NC2(CCCCCC2)C1=O)Nc1ccc(F)cc1Cl. The first-order valence-electron chi connectivity index (χ1n) is 8.30. The Hall–Kier alpha value is -2.15. The van der Waals surface area contributed by atoms with E-state index in [0.29, 0.717) is 12.8 Å². The van der Waals surface area contributed by atoms with Crippen molar-refractivity contribution in [3.8, 4) is 0 Å². The zero-order valence-corrected chi connectivity index (χ0v) is 14.4. The molecule has 3 rings (SSSR count). The van der Waals surface area contributed by atoms with Gasteiger partial charge in [-0.3, -0.25) is 14.5 Å². The van der Waals surface area contributed by atoms with E-state index in [1.54, 1.807) is 0 Å². The Morgan fingerprint density at radius 2 is 1.92 bits per heavy atom. The minimum Gasteiger partial charge on any atom is -0.323 e. The summed E-state index contributed by atoms with van der Waals surface area (Å²) in [5.41, 5.74) is -0.647. The highest BCUT2D eigenvalue weighted by Gasteiger charge is 2.51. The van der Waals surface area contributed by atoms with Crippen molar-refractivity contribution >= 4 is 35.1 Å². The third kappa shape index (κ3) is 3.61. The number of halogens is 2. The maximum absolute atomic E-state index is 13.0. The largest absolute Gasteiger partial charge is 0.325 e. The lowest BCUT2D eigenvalue weighted by atomic mass is 9.90. The first-order valence-corrected chi connectivity index (χ1v) is 8.68. The Balaban J connectivity index is 1.68. The van der Waals surface area contributed by atoms with Crippen LogP contribution in [-0.2, 0) is 9.59 Å². The Bertz CT molecular complexity index is 717. The zero-order valence-electron chi connectivity index (χ0n) is 13.6. The third-order valence-corrected chi connectivity index (χ3v) is 5.02. The summed E-state index contributed by atoms with van der Waals surface area (Å²) in [6, 6.07) is 3.02. The zero-order chi connectivity index (χ0) is 18.0. The maximum Gasteiger partial charge on any atom is 0.325 e. The molecule has 0 radical (unpaired) electrons. The highest BCUT2D eigenvalue weighted by atomic mass is 35.5. The quantitative estimate of drug-likeness (QED) is 0.806. The van der Waals surface area contributed by atoms with Gasteiger partial charge in [-0.25, -0.2) is 9.18 Å². The number of benzene rings is 1. The number of rotatable bonds is 3. The highest BCUT2D eigenvalue weighted by molar-refractivity contribution is 6.33. The van der Waals surface area contributed by atoms with Crippen LogP contribution in [0.2, 0.25) is 5.02 Å². The normalized spacial score (nSPS) is 19.7. The average molecular weight is 368 g/mol. The van der Waals surface area contributed by atoms with Gasteiger partial charge in [-0.05, 0) is 31.0 Å². The van der Waals surface area contributed by atoms with Crippen LogP contribution in [-0.4, -0.2) is 34.8 Å². The number of carbonyl (C=O) groups is 3. The Labute approximate surface area is 149 Å². The van der Waals surface area contributed by atoms with Gasteiger partial charge in [-0.1, -0.05) is 37.3 Å². The smallest absolute Gasteiger partial charge is 0.323 e. The summed E-state index contributed by atoms with van der Waals surface area (Å²) in [5.74, 6) is -1.44.